The number of para-hydroxylation sites is 1. The van der Waals surface area contributed by atoms with E-state index in [1.165, 1.54) is 10.6 Å². The van der Waals surface area contributed by atoms with E-state index in [-0.39, 0.29) is 17.0 Å². The van der Waals surface area contributed by atoms with E-state index in [0.29, 0.717) is 26.4 Å². The summed E-state index contributed by atoms with van der Waals surface area (Å²) in [5.74, 6) is -1.35. The van der Waals surface area contributed by atoms with Crippen LogP contribution in [0.5, 0.6) is 0 Å². The summed E-state index contributed by atoms with van der Waals surface area (Å²) in [4.78, 5) is 25.3. The van der Waals surface area contributed by atoms with Gasteiger partial charge in [0.25, 0.3) is 0 Å². The summed E-state index contributed by atoms with van der Waals surface area (Å²) in [6.45, 7) is 1.73. The van der Waals surface area contributed by atoms with Gasteiger partial charge in [0.05, 0.1) is 17.8 Å². The van der Waals surface area contributed by atoms with Crippen molar-refractivity contribution in [1.82, 2.24) is 9.61 Å². The topological polar surface area (TPSA) is 106 Å². The maximum atomic E-state index is 12.4. The first-order chi connectivity index (χ1) is 15.0. The normalized spacial score (nSPS) is 12.5. The van der Waals surface area contributed by atoms with E-state index in [9.17, 15) is 14.7 Å². The molecule has 0 aliphatic rings. The summed E-state index contributed by atoms with van der Waals surface area (Å²) < 4.78 is 6.54. The Hall–Kier alpha value is -3.56. The van der Waals surface area contributed by atoms with Crippen LogP contribution in [0.25, 0.3) is 21.5 Å². The molecule has 0 atom stereocenters. The van der Waals surface area contributed by atoms with Gasteiger partial charge in [0, 0.05) is 16.5 Å². The average Bonchev–Trinajstić information content (AvgIpc) is 3.20. The average molecular weight is 455 g/mol. The summed E-state index contributed by atoms with van der Waals surface area (Å²) in [6.07, 6.45) is 0. The van der Waals surface area contributed by atoms with Crippen molar-refractivity contribution in [3.8, 4) is 0 Å². The molecule has 0 aliphatic heterocycles. The minimum atomic E-state index is -0.851. The van der Waals surface area contributed by atoms with E-state index >= 15 is 0 Å². The second-order valence-corrected chi connectivity index (χ2v) is 7.72. The van der Waals surface area contributed by atoms with Crippen LogP contribution in [0.15, 0.2) is 75.3 Å². The van der Waals surface area contributed by atoms with Gasteiger partial charge >= 0.3 is 5.97 Å². The van der Waals surface area contributed by atoms with Crippen molar-refractivity contribution in [2.75, 3.05) is 6.61 Å². The molecule has 0 fully saturated rings. The zero-order valence-corrected chi connectivity index (χ0v) is 17.7. The standard InChI is InChI=1S/C21H15ClN4O4S/c1-2-30-21(29)18(24-23-13-9-7-12(22)8-10-13)19(28)20-25-26-15-6-4-3-5-14(15)16(27)11-17(26)31-20/h3-11,28H,2H2,1H3/b19-18-,24-23?. The third kappa shape index (κ3) is 4.18. The van der Waals surface area contributed by atoms with E-state index in [1.54, 1.807) is 55.5 Å². The maximum Gasteiger partial charge on any atom is 0.362 e. The Morgan fingerprint density at radius 3 is 2.71 bits per heavy atom. The Labute approximate surface area is 184 Å². The number of ether oxygens (including phenoxy) is 1. The van der Waals surface area contributed by atoms with Gasteiger partial charge in [0.2, 0.25) is 5.70 Å². The van der Waals surface area contributed by atoms with Crippen molar-refractivity contribution in [3.63, 3.8) is 0 Å². The molecule has 10 heteroatoms. The number of carbonyl (C=O) groups is 1. The molecule has 2 aromatic heterocycles. The highest BCUT2D eigenvalue weighted by Crippen LogP contribution is 2.27. The number of rotatable bonds is 5. The molecule has 156 valence electrons. The zero-order chi connectivity index (χ0) is 22.0. The fourth-order valence-electron chi connectivity index (χ4n) is 2.82. The van der Waals surface area contributed by atoms with E-state index < -0.39 is 17.4 Å². The smallest absolute Gasteiger partial charge is 0.362 e. The van der Waals surface area contributed by atoms with Gasteiger partial charge in [-0.3, -0.25) is 4.79 Å². The van der Waals surface area contributed by atoms with Gasteiger partial charge in [-0.15, -0.1) is 5.11 Å². The van der Waals surface area contributed by atoms with Gasteiger partial charge in [-0.25, -0.2) is 9.31 Å². The van der Waals surface area contributed by atoms with Gasteiger partial charge in [0.15, 0.2) is 16.2 Å². The number of esters is 1. The lowest BCUT2D eigenvalue weighted by molar-refractivity contribution is -0.138. The second-order valence-electron chi connectivity index (χ2n) is 6.28. The minimum absolute atomic E-state index is 0.0881. The molecule has 1 N–H and O–H groups in total. The number of aliphatic hydroxyl groups is 1. The van der Waals surface area contributed by atoms with Crippen LogP contribution in [0.4, 0.5) is 5.69 Å². The Bertz CT molecular complexity index is 1410. The fourth-order valence-corrected chi connectivity index (χ4v) is 3.85. The fraction of sp³-hybridized carbons (Fsp3) is 0.0952. The number of aromatic nitrogens is 2. The lowest BCUT2D eigenvalue weighted by Crippen LogP contribution is -2.08. The largest absolute Gasteiger partial charge is 0.503 e. The highest BCUT2D eigenvalue weighted by molar-refractivity contribution is 7.18. The molecule has 4 aromatic rings. The number of nitrogens with zero attached hydrogens (tertiary/aromatic N) is 4. The van der Waals surface area contributed by atoms with Gasteiger partial charge in [0.1, 0.15) is 4.83 Å². The van der Waals surface area contributed by atoms with Gasteiger partial charge in [-0.05, 0) is 43.3 Å². The van der Waals surface area contributed by atoms with Crippen molar-refractivity contribution in [1.29, 1.82) is 0 Å². The molecule has 0 bridgehead atoms. The monoisotopic (exact) mass is 454 g/mol. The van der Waals surface area contributed by atoms with Crippen molar-refractivity contribution in [2.45, 2.75) is 6.92 Å². The number of azo groups is 1. The molecule has 4 rings (SSSR count). The second kappa shape index (κ2) is 8.66. The molecule has 2 heterocycles. The molecule has 0 radical (unpaired) electrons. The maximum absolute atomic E-state index is 12.4. The molecule has 0 aliphatic carbocycles. The molecule has 0 spiro atoms. The van der Waals surface area contributed by atoms with Gasteiger partial charge in [-0.2, -0.15) is 10.2 Å². The molecule has 0 saturated heterocycles. The van der Waals surface area contributed by atoms with E-state index in [4.69, 9.17) is 16.3 Å². The lowest BCUT2D eigenvalue weighted by atomic mass is 10.2. The van der Waals surface area contributed by atoms with Crippen LogP contribution in [0, 0.1) is 0 Å². The Morgan fingerprint density at radius 2 is 1.97 bits per heavy atom. The summed E-state index contributed by atoms with van der Waals surface area (Å²) in [7, 11) is 0. The number of benzene rings is 2. The lowest BCUT2D eigenvalue weighted by Gasteiger charge is -2.03. The summed E-state index contributed by atoms with van der Waals surface area (Å²) >= 11 is 6.90. The molecular weight excluding hydrogens is 440 g/mol. The third-order valence-corrected chi connectivity index (χ3v) is 5.46. The summed E-state index contributed by atoms with van der Waals surface area (Å²) in [5, 5.41) is 24.2. The number of carbonyl (C=O) groups excluding carboxylic acids is 1. The van der Waals surface area contributed by atoms with Crippen LogP contribution >= 0.6 is 22.9 Å². The highest BCUT2D eigenvalue weighted by Gasteiger charge is 2.22. The SMILES string of the molecule is CCOC(=O)/C(N=Nc1ccc(Cl)cc1)=C(/O)c1nn2c(cc(=O)c3ccccc32)s1. The van der Waals surface area contributed by atoms with Crippen molar-refractivity contribution in [2.24, 2.45) is 10.2 Å². The quantitative estimate of drug-likeness (QED) is 0.194. The first-order valence-corrected chi connectivity index (χ1v) is 10.4. The zero-order valence-electron chi connectivity index (χ0n) is 16.2. The first kappa shape index (κ1) is 20.7. The Morgan fingerprint density at radius 1 is 1.23 bits per heavy atom. The van der Waals surface area contributed by atoms with Gasteiger partial charge in [-0.1, -0.05) is 35.1 Å². The molecule has 0 saturated carbocycles. The van der Waals surface area contributed by atoms with Crippen LogP contribution in [-0.4, -0.2) is 27.3 Å². The molecule has 2 aromatic carbocycles. The van der Waals surface area contributed by atoms with Crippen molar-refractivity contribution >= 4 is 56.1 Å². The number of aliphatic hydroxyl groups excluding tert-OH is 1. The molecular formula is C21H15ClN4O4S. The number of hydrogen-bond acceptors (Lipinski definition) is 8. The van der Waals surface area contributed by atoms with E-state index in [2.05, 4.69) is 15.3 Å². The van der Waals surface area contributed by atoms with Crippen LogP contribution in [0.2, 0.25) is 5.02 Å². The van der Waals surface area contributed by atoms with Crippen LogP contribution < -0.4 is 5.43 Å². The Kier molecular flexibility index (Phi) is 5.79. The van der Waals surface area contributed by atoms with Gasteiger partial charge < -0.3 is 9.84 Å². The first-order valence-electron chi connectivity index (χ1n) is 9.17. The number of halogens is 1. The van der Waals surface area contributed by atoms with Crippen LogP contribution in [0.1, 0.15) is 11.9 Å². The predicted molar refractivity (Wildman–Crippen MR) is 119 cm³/mol. The van der Waals surface area contributed by atoms with Crippen molar-refractivity contribution < 1.29 is 14.6 Å². The van der Waals surface area contributed by atoms with Crippen molar-refractivity contribution in [3.05, 3.63) is 80.5 Å². The van der Waals surface area contributed by atoms with Crippen LogP contribution in [0.3, 0.4) is 0 Å². The molecule has 0 unspecified atom stereocenters. The minimum Gasteiger partial charge on any atom is -0.503 e. The van der Waals surface area contributed by atoms with E-state index in [0.717, 1.165) is 11.3 Å². The summed E-state index contributed by atoms with van der Waals surface area (Å²) in [5.41, 5.74) is 0.450. The number of pyridine rings is 1. The number of fused-ring (bicyclic) bond motifs is 3. The predicted octanol–water partition coefficient (Wildman–Crippen LogP) is 5.14. The Balaban J connectivity index is 1.84. The van der Waals surface area contributed by atoms with E-state index in [1.807, 2.05) is 0 Å². The molecule has 31 heavy (non-hydrogen) atoms. The molecule has 8 nitrogen and oxygen atoms in total. The number of hydrogen-bond donors (Lipinski definition) is 1. The molecule has 0 amide bonds. The van der Waals surface area contributed by atoms with Crippen LogP contribution in [-0.2, 0) is 9.53 Å². The third-order valence-electron chi connectivity index (χ3n) is 4.24. The highest BCUT2D eigenvalue weighted by atomic mass is 35.5. The summed E-state index contributed by atoms with van der Waals surface area (Å²) in [6, 6.07) is 14.9.